The van der Waals surface area contributed by atoms with E-state index in [4.69, 9.17) is 20.0 Å². The zero-order valence-electron chi connectivity index (χ0n) is 21.9. The molecule has 1 aromatic heterocycles. The van der Waals surface area contributed by atoms with Gasteiger partial charge in [0.2, 0.25) is 12.2 Å². The third-order valence-electron chi connectivity index (χ3n) is 5.03. The van der Waals surface area contributed by atoms with E-state index in [1.54, 1.807) is 13.8 Å². The number of amides is 3. The van der Waals surface area contributed by atoms with E-state index in [1.807, 2.05) is 0 Å². The second-order valence-electron chi connectivity index (χ2n) is 7.92. The fraction of sp³-hybridized carbons (Fsp3) is 0.500. The van der Waals surface area contributed by atoms with Crippen LogP contribution in [0, 0.1) is 0 Å². The van der Waals surface area contributed by atoms with Crippen LogP contribution in [0.1, 0.15) is 33.4 Å². The van der Waals surface area contributed by atoms with Gasteiger partial charge in [-0.2, -0.15) is 0 Å². The molecule has 1 saturated heterocycles. The predicted molar refractivity (Wildman–Crippen MR) is 147 cm³/mol. The van der Waals surface area contributed by atoms with E-state index < -0.39 is 53.6 Å². The van der Waals surface area contributed by atoms with E-state index in [0.29, 0.717) is 5.75 Å². The fourth-order valence-electron chi connectivity index (χ4n) is 3.25. The molecule has 0 radical (unpaired) electrons. The van der Waals surface area contributed by atoms with Crippen LogP contribution in [0.2, 0.25) is 0 Å². The zero-order chi connectivity index (χ0) is 28.7. The summed E-state index contributed by atoms with van der Waals surface area (Å²) in [5, 5.41) is 10.1. The second kappa shape index (κ2) is 14.8. The van der Waals surface area contributed by atoms with Crippen LogP contribution in [0.5, 0.6) is 0 Å². The Balaban J connectivity index is 0.00000560. The number of oxime groups is 1. The lowest BCUT2D eigenvalue weighted by atomic mass is 10.0. The molecule has 18 heteroatoms. The van der Waals surface area contributed by atoms with Gasteiger partial charge in [0.25, 0.3) is 11.8 Å². The number of rotatable bonds is 11. The van der Waals surface area contributed by atoms with Gasteiger partial charge in [0.05, 0.1) is 12.6 Å². The first kappa shape index (κ1) is 32.8. The molecule has 2 aliphatic rings. The molecule has 3 amide bonds. The summed E-state index contributed by atoms with van der Waals surface area (Å²) >= 11 is 2.37. The number of ether oxygens (including phenoxy) is 3. The molecule has 2 aliphatic heterocycles. The van der Waals surface area contributed by atoms with Crippen LogP contribution in [0.25, 0.3) is 0 Å². The van der Waals surface area contributed by atoms with Crippen molar-refractivity contribution in [3.8, 4) is 0 Å². The van der Waals surface area contributed by atoms with Crippen LogP contribution in [0.15, 0.2) is 22.3 Å². The lowest BCUT2D eigenvalue weighted by Crippen LogP contribution is -2.70. The summed E-state index contributed by atoms with van der Waals surface area (Å²) < 4.78 is 14.6. The van der Waals surface area contributed by atoms with Gasteiger partial charge in [0.1, 0.15) is 29.4 Å². The normalized spacial score (nSPS) is 19.4. The zero-order valence-corrected chi connectivity index (χ0v) is 24.4. The molecule has 1 fully saturated rings. The molecule has 4 atom stereocenters. The summed E-state index contributed by atoms with van der Waals surface area (Å²) in [4.78, 5) is 72.5. The van der Waals surface area contributed by atoms with E-state index in [9.17, 15) is 24.0 Å². The van der Waals surface area contributed by atoms with Crippen LogP contribution in [-0.2, 0) is 38.2 Å². The molecule has 4 N–H and O–H groups in total. The lowest BCUT2D eigenvalue weighted by Gasteiger charge is -2.48. The highest BCUT2D eigenvalue weighted by atomic mass is 35.5. The number of carbonyl (C=O) groups excluding carboxylic acids is 5. The third-order valence-corrected chi connectivity index (χ3v) is 6.97. The van der Waals surface area contributed by atoms with E-state index in [-0.39, 0.29) is 47.9 Å². The van der Waals surface area contributed by atoms with Gasteiger partial charge in [-0.3, -0.25) is 19.3 Å². The molecule has 0 saturated carbocycles. The smallest absolute Gasteiger partial charge is 0.435 e. The van der Waals surface area contributed by atoms with Crippen molar-refractivity contribution in [2.45, 2.75) is 51.4 Å². The standard InChI is InChI=1S/C22H28N6O9S2.ClH/c1-5-34-22(33)37-11(4)36-20(32)13-7-8-38-19-15(18(31)28(13)19)25-17(30)14(27-35-6-2)12-9-39-21(24-12)26-16(29)10(3)23;/h7,9-11,15,19H,5-6,8,23H2,1-4H3,(H,25,30)(H,24,26,29);1H/t10-,11?,15?,19+;/m0./s1. The van der Waals surface area contributed by atoms with Gasteiger partial charge < -0.3 is 35.4 Å². The summed E-state index contributed by atoms with van der Waals surface area (Å²) in [6.45, 7) is 6.36. The number of fused-ring (bicyclic) bond motifs is 1. The number of esters is 1. The van der Waals surface area contributed by atoms with Crippen molar-refractivity contribution < 1.29 is 43.0 Å². The SMILES string of the molecule is CCON=C(C(=O)NC1C(=O)N2C(C(=O)OC(C)OC(=O)OCC)=CCS[C@H]12)c1csc(NC(=O)[C@H](C)N)n1.Cl. The first-order valence-corrected chi connectivity index (χ1v) is 13.7. The van der Waals surface area contributed by atoms with E-state index in [0.717, 1.165) is 11.3 Å². The van der Waals surface area contributed by atoms with Crippen molar-refractivity contribution in [3.63, 3.8) is 0 Å². The molecule has 0 aliphatic carbocycles. The van der Waals surface area contributed by atoms with E-state index >= 15 is 0 Å². The summed E-state index contributed by atoms with van der Waals surface area (Å²) in [7, 11) is 0. The number of carbonyl (C=O) groups is 5. The first-order chi connectivity index (χ1) is 18.6. The molecular formula is C22H29ClN6O9S2. The van der Waals surface area contributed by atoms with Gasteiger partial charge in [-0.1, -0.05) is 5.16 Å². The molecule has 0 bridgehead atoms. The number of anilines is 1. The lowest BCUT2D eigenvalue weighted by molar-refractivity contribution is -0.168. The Morgan fingerprint density at radius 2 is 1.95 bits per heavy atom. The van der Waals surface area contributed by atoms with Crippen molar-refractivity contribution in [2.75, 3.05) is 24.3 Å². The second-order valence-corrected chi connectivity index (χ2v) is 9.93. The number of thiazole rings is 1. The quantitative estimate of drug-likeness (QED) is 0.104. The molecule has 0 spiro atoms. The number of hydrogen-bond acceptors (Lipinski definition) is 14. The van der Waals surface area contributed by atoms with Crippen molar-refractivity contribution in [3.05, 3.63) is 22.8 Å². The number of hydrogen-bond donors (Lipinski definition) is 3. The van der Waals surface area contributed by atoms with Crippen LogP contribution in [0.4, 0.5) is 9.93 Å². The Bertz CT molecular complexity index is 1190. The number of nitrogens with one attached hydrogen (secondary N) is 2. The highest BCUT2D eigenvalue weighted by Crippen LogP contribution is 2.38. The van der Waals surface area contributed by atoms with E-state index in [1.165, 1.54) is 42.0 Å². The molecule has 40 heavy (non-hydrogen) atoms. The molecular weight excluding hydrogens is 592 g/mol. The number of nitrogens with two attached hydrogens (primary N) is 1. The molecule has 3 heterocycles. The number of aromatic nitrogens is 1. The topological polar surface area (TPSA) is 201 Å². The van der Waals surface area contributed by atoms with Crippen molar-refractivity contribution in [1.29, 1.82) is 0 Å². The molecule has 220 valence electrons. The van der Waals surface area contributed by atoms with Crippen LogP contribution >= 0.6 is 35.5 Å². The molecule has 15 nitrogen and oxygen atoms in total. The number of thioether (sulfide) groups is 1. The van der Waals surface area contributed by atoms with Gasteiger partial charge in [0.15, 0.2) is 10.8 Å². The highest BCUT2D eigenvalue weighted by molar-refractivity contribution is 8.00. The molecule has 2 unspecified atom stereocenters. The summed E-state index contributed by atoms with van der Waals surface area (Å²) in [6, 6.07) is -1.74. The summed E-state index contributed by atoms with van der Waals surface area (Å²) in [5.41, 5.74) is 5.42. The third kappa shape index (κ3) is 7.83. The van der Waals surface area contributed by atoms with Crippen molar-refractivity contribution in [2.24, 2.45) is 10.9 Å². The maximum absolute atomic E-state index is 13.1. The van der Waals surface area contributed by atoms with Crippen molar-refractivity contribution in [1.82, 2.24) is 15.2 Å². The fourth-order valence-corrected chi connectivity index (χ4v) is 5.15. The maximum Gasteiger partial charge on any atom is 0.511 e. The Hall–Kier alpha value is -3.41. The Labute approximate surface area is 243 Å². The van der Waals surface area contributed by atoms with Gasteiger partial charge in [-0.15, -0.1) is 35.5 Å². The molecule has 1 aromatic rings. The average molecular weight is 621 g/mol. The minimum absolute atomic E-state index is 0. The predicted octanol–water partition coefficient (Wildman–Crippen LogP) is 0.937. The maximum atomic E-state index is 13.1. The van der Waals surface area contributed by atoms with Crippen LogP contribution < -0.4 is 16.4 Å². The van der Waals surface area contributed by atoms with Gasteiger partial charge in [-0.05, 0) is 26.8 Å². The summed E-state index contributed by atoms with van der Waals surface area (Å²) in [5.74, 6) is -2.28. The summed E-state index contributed by atoms with van der Waals surface area (Å²) in [6.07, 6.45) is -0.749. The van der Waals surface area contributed by atoms with Gasteiger partial charge >= 0.3 is 12.1 Å². The number of nitrogens with zero attached hydrogens (tertiary/aromatic N) is 3. The van der Waals surface area contributed by atoms with Crippen molar-refractivity contribution >= 4 is 76.2 Å². The van der Waals surface area contributed by atoms with Gasteiger partial charge in [0, 0.05) is 18.1 Å². The Morgan fingerprint density at radius 3 is 2.60 bits per heavy atom. The number of halogens is 1. The Kier molecular flexibility index (Phi) is 12.2. The highest BCUT2D eigenvalue weighted by Gasteiger charge is 2.53. The molecule has 3 rings (SSSR count). The van der Waals surface area contributed by atoms with Crippen LogP contribution in [-0.4, -0.2) is 88.2 Å². The Morgan fingerprint density at radius 1 is 1.23 bits per heavy atom. The minimum Gasteiger partial charge on any atom is -0.435 e. The van der Waals surface area contributed by atoms with Crippen LogP contribution in [0.3, 0.4) is 0 Å². The minimum atomic E-state index is -1.25. The monoisotopic (exact) mass is 620 g/mol. The first-order valence-electron chi connectivity index (χ1n) is 11.8. The molecule has 0 aromatic carbocycles. The largest absolute Gasteiger partial charge is 0.511 e. The van der Waals surface area contributed by atoms with E-state index in [2.05, 4.69) is 25.5 Å². The van der Waals surface area contributed by atoms with Gasteiger partial charge in [-0.25, -0.2) is 14.6 Å². The average Bonchev–Trinajstić information content (AvgIpc) is 3.34. The number of β-lactam (4-membered cyclic amide) rings is 1.